The van der Waals surface area contributed by atoms with E-state index in [1.807, 2.05) is 43.3 Å². The molecule has 0 saturated heterocycles. The third kappa shape index (κ3) is 4.21. The van der Waals surface area contributed by atoms with Gasteiger partial charge in [-0.15, -0.1) is 0 Å². The Morgan fingerprint density at radius 2 is 2.18 bits per heavy atom. The zero-order valence-electron chi connectivity index (χ0n) is 12.4. The van der Waals surface area contributed by atoms with Gasteiger partial charge in [-0.2, -0.15) is 0 Å². The lowest BCUT2D eigenvalue weighted by Gasteiger charge is -2.24. The van der Waals surface area contributed by atoms with Crippen LogP contribution in [0.15, 0.2) is 47.1 Å². The molecule has 2 amide bonds. The largest absolute Gasteiger partial charge is 0.334 e. The van der Waals surface area contributed by atoms with E-state index in [1.165, 1.54) is 0 Å². The van der Waals surface area contributed by atoms with E-state index in [0.29, 0.717) is 11.6 Å². The van der Waals surface area contributed by atoms with Crippen LogP contribution >= 0.6 is 27.5 Å². The van der Waals surface area contributed by atoms with Gasteiger partial charge in [0.25, 0.3) is 0 Å². The van der Waals surface area contributed by atoms with Gasteiger partial charge in [-0.3, -0.25) is 4.98 Å². The van der Waals surface area contributed by atoms with Gasteiger partial charge in [0.1, 0.15) is 0 Å². The first kappa shape index (κ1) is 16.8. The SMILES string of the molecule is C[C@H](c1ccccn1)N(C)C(=O)NCc1ccc(Br)cc1Cl. The molecule has 0 spiro atoms. The summed E-state index contributed by atoms with van der Waals surface area (Å²) in [6, 6.07) is 11.0. The molecule has 0 aliphatic carbocycles. The number of hydrogen-bond acceptors (Lipinski definition) is 2. The molecule has 0 radical (unpaired) electrons. The number of rotatable bonds is 4. The van der Waals surface area contributed by atoms with Gasteiger partial charge < -0.3 is 10.2 Å². The summed E-state index contributed by atoms with van der Waals surface area (Å²) in [5.41, 5.74) is 1.72. The van der Waals surface area contributed by atoms with Crippen molar-refractivity contribution in [3.05, 3.63) is 63.3 Å². The van der Waals surface area contributed by atoms with Crippen LogP contribution < -0.4 is 5.32 Å². The Kier molecular flexibility index (Phi) is 5.80. The highest BCUT2D eigenvalue weighted by Gasteiger charge is 2.18. The van der Waals surface area contributed by atoms with E-state index >= 15 is 0 Å². The minimum absolute atomic E-state index is 0.110. The van der Waals surface area contributed by atoms with Crippen molar-refractivity contribution in [2.75, 3.05) is 7.05 Å². The molecule has 1 aromatic heterocycles. The summed E-state index contributed by atoms with van der Waals surface area (Å²) in [5.74, 6) is 0. The molecule has 22 heavy (non-hydrogen) atoms. The van der Waals surface area contributed by atoms with E-state index < -0.39 is 0 Å². The lowest BCUT2D eigenvalue weighted by molar-refractivity contribution is 0.193. The number of aromatic nitrogens is 1. The molecule has 2 aromatic rings. The van der Waals surface area contributed by atoms with Gasteiger partial charge in [-0.1, -0.05) is 39.7 Å². The normalized spacial score (nSPS) is 11.8. The monoisotopic (exact) mass is 381 g/mol. The number of amides is 2. The van der Waals surface area contributed by atoms with E-state index in [0.717, 1.165) is 15.7 Å². The number of pyridine rings is 1. The smallest absolute Gasteiger partial charge is 0.317 e. The fourth-order valence-corrected chi connectivity index (χ4v) is 2.70. The average Bonchev–Trinajstić information content (AvgIpc) is 2.53. The molecule has 2 rings (SSSR count). The molecule has 4 nitrogen and oxygen atoms in total. The van der Waals surface area contributed by atoms with E-state index in [4.69, 9.17) is 11.6 Å². The van der Waals surface area contributed by atoms with Crippen LogP contribution in [-0.2, 0) is 6.54 Å². The highest BCUT2D eigenvalue weighted by Crippen LogP contribution is 2.21. The summed E-state index contributed by atoms with van der Waals surface area (Å²) in [6.45, 7) is 2.32. The first-order valence-electron chi connectivity index (χ1n) is 6.84. The van der Waals surface area contributed by atoms with Gasteiger partial charge in [0, 0.05) is 29.3 Å². The van der Waals surface area contributed by atoms with Gasteiger partial charge >= 0.3 is 6.03 Å². The zero-order chi connectivity index (χ0) is 16.1. The Balaban J connectivity index is 1.97. The minimum Gasteiger partial charge on any atom is -0.334 e. The molecule has 0 fully saturated rings. The van der Waals surface area contributed by atoms with Crippen LogP contribution in [-0.4, -0.2) is 23.0 Å². The molecule has 6 heteroatoms. The molecule has 0 unspecified atom stereocenters. The van der Waals surface area contributed by atoms with Crippen LogP contribution in [0.4, 0.5) is 4.79 Å². The lowest BCUT2D eigenvalue weighted by Crippen LogP contribution is -2.38. The van der Waals surface area contributed by atoms with Crippen LogP contribution in [0.3, 0.4) is 0 Å². The number of nitrogens with one attached hydrogen (secondary N) is 1. The molecular formula is C16H17BrClN3O. The van der Waals surface area contributed by atoms with Crippen molar-refractivity contribution in [3.8, 4) is 0 Å². The second-order valence-electron chi connectivity index (χ2n) is 4.94. The van der Waals surface area contributed by atoms with Crippen molar-refractivity contribution in [3.63, 3.8) is 0 Å². The molecule has 0 bridgehead atoms. The summed E-state index contributed by atoms with van der Waals surface area (Å²) in [4.78, 5) is 18.1. The van der Waals surface area contributed by atoms with Gasteiger partial charge in [0.15, 0.2) is 0 Å². The second-order valence-corrected chi connectivity index (χ2v) is 6.26. The summed E-state index contributed by atoms with van der Waals surface area (Å²) in [7, 11) is 1.75. The number of hydrogen-bond donors (Lipinski definition) is 1. The Hall–Kier alpha value is -1.59. The Bertz CT molecular complexity index is 651. The number of urea groups is 1. The van der Waals surface area contributed by atoms with Crippen LogP contribution in [0.2, 0.25) is 5.02 Å². The molecule has 116 valence electrons. The van der Waals surface area contributed by atoms with Gasteiger partial charge in [0.2, 0.25) is 0 Å². The molecular weight excluding hydrogens is 366 g/mol. The summed E-state index contributed by atoms with van der Waals surface area (Å²) in [6.07, 6.45) is 1.72. The molecule has 1 N–H and O–H groups in total. The van der Waals surface area contributed by atoms with Crippen LogP contribution in [0.1, 0.15) is 24.2 Å². The maximum absolute atomic E-state index is 12.2. The van der Waals surface area contributed by atoms with Gasteiger partial charge in [-0.25, -0.2) is 4.79 Å². The fraction of sp³-hybridized carbons (Fsp3) is 0.250. The van der Waals surface area contributed by atoms with Crippen molar-refractivity contribution in [1.82, 2.24) is 15.2 Å². The first-order valence-corrected chi connectivity index (χ1v) is 8.01. The third-order valence-corrected chi connectivity index (χ3v) is 4.31. The predicted molar refractivity (Wildman–Crippen MR) is 91.8 cm³/mol. The number of carbonyl (C=O) groups excluding carboxylic acids is 1. The standard InChI is InChI=1S/C16H17BrClN3O/c1-11(15-5-3-4-8-19-15)21(2)16(22)20-10-12-6-7-13(17)9-14(12)18/h3-9,11H,10H2,1-2H3,(H,20,22)/t11-/m1/s1. The van der Waals surface area contributed by atoms with Crippen molar-refractivity contribution in [2.24, 2.45) is 0 Å². The van der Waals surface area contributed by atoms with Gasteiger partial charge in [-0.05, 0) is 36.8 Å². The lowest BCUT2D eigenvalue weighted by atomic mass is 10.2. The zero-order valence-corrected chi connectivity index (χ0v) is 14.7. The van der Waals surface area contributed by atoms with Crippen LogP contribution in [0, 0.1) is 0 Å². The van der Waals surface area contributed by atoms with Crippen molar-refractivity contribution < 1.29 is 4.79 Å². The van der Waals surface area contributed by atoms with Crippen molar-refractivity contribution >= 4 is 33.6 Å². The second kappa shape index (κ2) is 7.61. The quantitative estimate of drug-likeness (QED) is 0.852. The molecule has 0 aliphatic rings. The summed E-state index contributed by atoms with van der Waals surface area (Å²) < 4.78 is 0.911. The van der Waals surface area contributed by atoms with Gasteiger partial charge in [0.05, 0.1) is 11.7 Å². The molecule has 0 saturated carbocycles. The third-order valence-electron chi connectivity index (χ3n) is 3.46. The Morgan fingerprint density at radius 3 is 2.82 bits per heavy atom. The number of benzene rings is 1. The number of carbonyl (C=O) groups is 1. The van der Waals surface area contributed by atoms with E-state index in [-0.39, 0.29) is 12.1 Å². The molecule has 1 heterocycles. The highest BCUT2D eigenvalue weighted by atomic mass is 79.9. The maximum Gasteiger partial charge on any atom is 0.317 e. The summed E-state index contributed by atoms with van der Waals surface area (Å²) in [5, 5.41) is 3.49. The average molecular weight is 383 g/mol. The molecule has 0 aliphatic heterocycles. The fourth-order valence-electron chi connectivity index (χ4n) is 1.96. The van der Waals surface area contributed by atoms with Crippen molar-refractivity contribution in [1.29, 1.82) is 0 Å². The predicted octanol–water partition coefficient (Wildman–Crippen LogP) is 4.40. The Labute approximate surface area is 143 Å². The number of nitrogens with zero attached hydrogens (tertiary/aromatic N) is 2. The number of halogens is 2. The maximum atomic E-state index is 12.2. The molecule has 1 aromatic carbocycles. The van der Waals surface area contributed by atoms with Crippen LogP contribution in [0.5, 0.6) is 0 Å². The minimum atomic E-state index is -0.169. The summed E-state index contributed by atoms with van der Waals surface area (Å²) >= 11 is 9.50. The highest BCUT2D eigenvalue weighted by molar-refractivity contribution is 9.10. The first-order chi connectivity index (χ1) is 10.5. The molecule has 1 atom stereocenters. The van der Waals surface area contributed by atoms with E-state index in [1.54, 1.807) is 18.1 Å². The van der Waals surface area contributed by atoms with Crippen molar-refractivity contribution in [2.45, 2.75) is 19.5 Å². The van der Waals surface area contributed by atoms with Crippen LogP contribution in [0.25, 0.3) is 0 Å². The topological polar surface area (TPSA) is 45.2 Å². The van der Waals surface area contributed by atoms with E-state index in [9.17, 15) is 4.79 Å². The Morgan fingerprint density at radius 1 is 1.41 bits per heavy atom. The van der Waals surface area contributed by atoms with E-state index in [2.05, 4.69) is 26.2 Å².